The van der Waals surface area contributed by atoms with Crippen LogP contribution in [0.25, 0.3) is 22.3 Å². The molecule has 0 spiro atoms. The molecule has 1 aromatic carbocycles. The minimum absolute atomic E-state index is 0.0364. The summed E-state index contributed by atoms with van der Waals surface area (Å²) >= 11 is 1.52. The molecule has 0 fully saturated rings. The van der Waals surface area contributed by atoms with Crippen LogP contribution in [0.3, 0.4) is 0 Å². The first-order valence-corrected chi connectivity index (χ1v) is 16.7. The monoisotopic (exact) mass is 643 g/mol. The van der Waals surface area contributed by atoms with E-state index >= 15 is 0 Å². The summed E-state index contributed by atoms with van der Waals surface area (Å²) in [4.78, 5) is 43.6. The molecule has 13 nitrogen and oxygen atoms in total. The number of cyclic esters (lactones) is 1. The van der Waals surface area contributed by atoms with Crippen LogP contribution in [0.2, 0.25) is 0 Å². The number of amides is 1. The van der Waals surface area contributed by atoms with Crippen LogP contribution in [0.15, 0.2) is 27.9 Å². The molecule has 1 atom stereocenters. The van der Waals surface area contributed by atoms with Gasteiger partial charge in [-0.25, -0.2) is 14.6 Å². The number of hydrogen-bond acceptors (Lipinski definition) is 10. The molecular formula is C29H33N5O8S2. The van der Waals surface area contributed by atoms with Gasteiger partial charge in [-0.05, 0) is 57.4 Å². The van der Waals surface area contributed by atoms with E-state index in [4.69, 9.17) is 14.5 Å². The predicted molar refractivity (Wildman–Crippen MR) is 164 cm³/mol. The van der Waals surface area contributed by atoms with E-state index in [1.54, 1.807) is 50.5 Å². The number of benzene rings is 1. The standard InChI is InChI=1S/C29H33N5O8S2/c1-5-29(38)18-12-21-23-16(13-34(21)25(35)17(18)14-41-26(29)36)15-8-11-43-24-20(7-6-19(32-23)22(15)24)33-44(39,40)31-10-9-30-27(37)42-28(2,3)4/h6-7,12,31,33,38H,5,8-11,13-14H2,1-4H3,(H,30,37)/t29-/m0/s1. The number of carbonyl (C=O) groups excluding carboxylic acids is 2. The van der Waals surface area contributed by atoms with Crippen molar-refractivity contribution < 1.29 is 32.6 Å². The Morgan fingerprint density at radius 1 is 1.20 bits per heavy atom. The molecule has 0 radical (unpaired) electrons. The van der Waals surface area contributed by atoms with Gasteiger partial charge in [0.25, 0.3) is 15.8 Å². The fourth-order valence-corrected chi connectivity index (χ4v) is 7.96. The molecule has 234 valence electrons. The number of aliphatic hydroxyl groups is 1. The SMILES string of the molecule is CC[C@@]1(O)C(=O)OCc2c1cc1n(c2=O)Cc2c-1nc1ccc(NS(=O)(=O)NCCNC(=O)OC(C)(C)C)c3c1c2CCS3. The number of fused-ring (bicyclic) bond motifs is 5. The molecule has 2 aromatic heterocycles. The first-order valence-electron chi connectivity index (χ1n) is 14.2. The summed E-state index contributed by atoms with van der Waals surface area (Å²) in [6, 6.07) is 5.07. The zero-order valence-electron chi connectivity index (χ0n) is 24.7. The minimum atomic E-state index is -3.98. The molecule has 1 amide bonds. The molecule has 0 unspecified atom stereocenters. The van der Waals surface area contributed by atoms with Gasteiger partial charge in [-0.15, -0.1) is 11.8 Å². The van der Waals surface area contributed by atoms with Crippen molar-refractivity contribution in [3.05, 3.63) is 50.8 Å². The number of nitrogens with zero attached hydrogens (tertiary/aromatic N) is 2. The summed E-state index contributed by atoms with van der Waals surface area (Å²) in [5, 5.41) is 14.5. The van der Waals surface area contributed by atoms with Crippen molar-refractivity contribution >= 4 is 50.6 Å². The Bertz CT molecular complexity index is 1900. The first-order chi connectivity index (χ1) is 20.7. The highest BCUT2D eigenvalue weighted by Crippen LogP contribution is 2.46. The molecule has 4 N–H and O–H groups in total. The Balaban J connectivity index is 1.30. The van der Waals surface area contributed by atoms with Crippen molar-refractivity contribution in [3.8, 4) is 11.4 Å². The summed E-state index contributed by atoms with van der Waals surface area (Å²) in [5.41, 5.74) is 1.60. The Labute approximate surface area is 257 Å². The maximum atomic E-state index is 13.6. The zero-order valence-corrected chi connectivity index (χ0v) is 26.3. The molecule has 3 aromatic rings. The van der Waals surface area contributed by atoms with E-state index < -0.39 is 33.5 Å². The van der Waals surface area contributed by atoms with Crippen LogP contribution in [0.1, 0.15) is 56.4 Å². The van der Waals surface area contributed by atoms with Crippen LogP contribution in [0, 0.1) is 0 Å². The van der Waals surface area contributed by atoms with Crippen LogP contribution in [-0.4, -0.2) is 59.6 Å². The number of thioether (sulfide) groups is 1. The highest BCUT2D eigenvalue weighted by molar-refractivity contribution is 7.99. The van der Waals surface area contributed by atoms with E-state index in [0.29, 0.717) is 34.8 Å². The number of carbonyl (C=O) groups is 2. The molecular weight excluding hydrogens is 610 g/mol. The number of nitrogens with one attached hydrogen (secondary N) is 3. The van der Waals surface area contributed by atoms with E-state index in [0.717, 1.165) is 21.4 Å². The van der Waals surface area contributed by atoms with Gasteiger partial charge in [-0.2, -0.15) is 13.1 Å². The number of aromatic nitrogens is 2. The van der Waals surface area contributed by atoms with Crippen LogP contribution in [0.5, 0.6) is 0 Å². The molecule has 0 saturated carbocycles. The van der Waals surface area contributed by atoms with Crippen LogP contribution < -0.4 is 20.3 Å². The third-order valence-corrected chi connectivity index (χ3v) is 10.0. The Hall–Kier alpha value is -3.66. The van der Waals surface area contributed by atoms with E-state index in [1.807, 2.05) is 0 Å². The maximum absolute atomic E-state index is 13.6. The quantitative estimate of drug-likeness (QED) is 0.173. The summed E-state index contributed by atoms with van der Waals surface area (Å²) in [6.45, 7) is 6.91. The molecule has 0 bridgehead atoms. The topological polar surface area (TPSA) is 178 Å². The van der Waals surface area contributed by atoms with Crippen LogP contribution in [-0.2, 0) is 49.7 Å². The number of rotatable bonds is 7. The fraction of sp³-hybridized carbons (Fsp3) is 0.448. The van der Waals surface area contributed by atoms with Crippen LogP contribution in [0.4, 0.5) is 10.5 Å². The molecule has 15 heteroatoms. The third-order valence-electron chi connectivity index (χ3n) is 7.85. The Morgan fingerprint density at radius 2 is 1.98 bits per heavy atom. The Morgan fingerprint density at radius 3 is 2.70 bits per heavy atom. The summed E-state index contributed by atoms with van der Waals surface area (Å²) in [5.74, 6) is -0.0911. The molecule has 3 aliphatic rings. The summed E-state index contributed by atoms with van der Waals surface area (Å²) in [6.07, 6.45) is 0.103. The molecule has 44 heavy (non-hydrogen) atoms. The van der Waals surface area contributed by atoms with E-state index in [-0.39, 0.29) is 49.3 Å². The Kier molecular flexibility index (Phi) is 7.42. The average Bonchev–Trinajstić information content (AvgIpc) is 3.33. The van der Waals surface area contributed by atoms with Crippen molar-refractivity contribution in [1.82, 2.24) is 19.6 Å². The lowest BCUT2D eigenvalue weighted by Crippen LogP contribution is -2.44. The van der Waals surface area contributed by atoms with Gasteiger partial charge in [0.05, 0.1) is 34.7 Å². The van der Waals surface area contributed by atoms with E-state index in [9.17, 15) is 27.9 Å². The van der Waals surface area contributed by atoms with Gasteiger partial charge in [-0.3, -0.25) is 9.52 Å². The maximum Gasteiger partial charge on any atom is 0.407 e. The molecule has 0 aliphatic carbocycles. The molecule has 6 rings (SSSR count). The molecule has 0 saturated heterocycles. The molecule has 5 heterocycles. The lowest BCUT2D eigenvalue weighted by Gasteiger charge is -2.31. The molecule has 3 aliphatic heterocycles. The van der Waals surface area contributed by atoms with E-state index in [2.05, 4.69) is 14.8 Å². The van der Waals surface area contributed by atoms with Crippen molar-refractivity contribution in [2.24, 2.45) is 0 Å². The van der Waals surface area contributed by atoms with Gasteiger partial charge >= 0.3 is 12.1 Å². The predicted octanol–water partition coefficient (Wildman–Crippen LogP) is 2.50. The van der Waals surface area contributed by atoms with Crippen molar-refractivity contribution in [3.63, 3.8) is 0 Å². The number of ether oxygens (including phenoxy) is 2. The number of esters is 1. The highest BCUT2D eigenvalue weighted by atomic mass is 32.2. The van der Waals surface area contributed by atoms with Gasteiger partial charge in [0, 0.05) is 40.3 Å². The van der Waals surface area contributed by atoms with Gasteiger partial charge in [-0.1, -0.05) is 6.92 Å². The lowest BCUT2D eigenvalue weighted by molar-refractivity contribution is -0.172. The second-order valence-electron chi connectivity index (χ2n) is 11.9. The average molecular weight is 644 g/mol. The number of aryl methyl sites for hydroxylation is 1. The summed E-state index contributed by atoms with van der Waals surface area (Å²) < 4.78 is 42.8. The van der Waals surface area contributed by atoms with Gasteiger partial charge in [0.2, 0.25) is 0 Å². The van der Waals surface area contributed by atoms with Crippen molar-refractivity contribution in [1.29, 1.82) is 0 Å². The van der Waals surface area contributed by atoms with Gasteiger partial charge in [0.15, 0.2) is 5.60 Å². The normalized spacial score (nSPS) is 18.7. The first kappa shape index (κ1) is 30.4. The minimum Gasteiger partial charge on any atom is -0.458 e. The summed E-state index contributed by atoms with van der Waals surface area (Å²) in [7, 11) is -3.98. The van der Waals surface area contributed by atoms with Crippen molar-refractivity contribution in [2.45, 2.75) is 69.8 Å². The number of pyridine rings is 2. The lowest BCUT2D eigenvalue weighted by atomic mass is 9.86. The van der Waals surface area contributed by atoms with Gasteiger partial charge in [0.1, 0.15) is 12.2 Å². The highest BCUT2D eigenvalue weighted by Gasteiger charge is 2.45. The van der Waals surface area contributed by atoms with Crippen molar-refractivity contribution in [2.75, 3.05) is 23.6 Å². The van der Waals surface area contributed by atoms with Gasteiger partial charge < -0.3 is 24.5 Å². The van der Waals surface area contributed by atoms with Crippen LogP contribution >= 0.6 is 11.8 Å². The third kappa shape index (κ3) is 5.21. The largest absolute Gasteiger partial charge is 0.458 e. The van der Waals surface area contributed by atoms with E-state index in [1.165, 1.54) is 11.8 Å². The second-order valence-corrected chi connectivity index (χ2v) is 14.5. The smallest absolute Gasteiger partial charge is 0.407 e. The zero-order chi connectivity index (χ0) is 31.6. The number of alkyl carbamates (subject to hydrolysis) is 1. The number of hydrogen-bond donors (Lipinski definition) is 4. The fourth-order valence-electron chi connectivity index (χ4n) is 5.84. The second kappa shape index (κ2) is 10.8. The number of anilines is 1.